The molecule has 1 aliphatic rings. The second-order valence-electron chi connectivity index (χ2n) is 3.99. The second kappa shape index (κ2) is 4.93. The fourth-order valence-electron chi connectivity index (χ4n) is 1.87. The van der Waals surface area contributed by atoms with Gasteiger partial charge in [0.05, 0.1) is 5.02 Å². The summed E-state index contributed by atoms with van der Waals surface area (Å²) in [5, 5.41) is 3.65. The van der Waals surface area contributed by atoms with E-state index in [0.717, 1.165) is 17.9 Å². The van der Waals surface area contributed by atoms with Gasteiger partial charge in [0.2, 0.25) is 6.79 Å². The predicted molar refractivity (Wildman–Crippen MR) is 72.8 cm³/mol. The van der Waals surface area contributed by atoms with Crippen molar-refractivity contribution in [2.24, 2.45) is 0 Å². The third kappa shape index (κ3) is 2.29. The van der Waals surface area contributed by atoms with E-state index in [9.17, 15) is 0 Å². The molecule has 0 atom stereocenters. The number of hydrogen-bond donors (Lipinski definition) is 1. The molecular weight excluding hydrogens is 266 g/mol. The molecule has 0 saturated heterocycles. The first-order valence-corrected chi connectivity index (χ1v) is 6.32. The lowest BCUT2D eigenvalue weighted by Gasteiger charge is -2.06. The average molecular weight is 278 g/mol. The number of ether oxygens (including phenoxy) is 2. The minimum Gasteiger partial charge on any atom is -0.454 e. The number of nitrogens with one attached hydrogen (secondary N) is 1. The van der Waals surface area contributed by atoms with Gasteiger partial charge < -0.3 is 14.8 Å². The van der Waals surface area contributed by atoms with Crippen molar-refractivity contribution in [3.8, 4) is 22.9 Å². The van der Waals surface area contributed by atoms with Crippen molar-refractivity contribution in [2.45, 2.75) is 6.92 Å². The van der Waals surface area contributed by atoms with Gasteiger partial charge in [-0.3, -0.25) is 0 Å². The minimum absolute atomic E-state index is 0.191. The van der Waals surface area contributed by atoms with Crippen LogP contribution in [0.5, 0.6) is 11.5 Å². The van der Waals surface area contributed by atoms with Crippen molar-refractivity contribution < 1.29 is 9.47 Å². The fraction of sp³-hybridized carbons (Fsp3) is 0.231. The Morgan fingerprint density at radius 1 is 1.37 bits per heavy atom. The van der Waals surface area contributed by atoms with E-state index in [2.05, 4.69) is 15.3 Å². The highest BCUT2D eigenvalue weighted by atomic mass is 35.5. The molecule has 5 nitrogen and oxygen atoms in total. The molecule has 0 bridgehead atoms. The second-order valence-corrected chi connectivity index (χ2v) is 4.39. The van der Waals surface area contributed by atoms with E-state index in [0.29, 0.717) is 22.3 Å². The molecule has 19 heavy (non-hydrogen) atoms. The number of halogens is 1. The molecule has 6 heteroatoms. The number of hydrogen-bond acceptors (Lipinski definition) is 5. The zero-order valence-corrected chi connectivity index (χ0v) is 11.1. The van der Waals surface area contributed by atoms with E-state index < -0.39 is 0 Å². The molecule has 1 aromatic carbocycles. The summed E-state index contributed by atoms with van der Waals surface area (Å²) in [6.07, 6.45) is 1.71. The molecule has 0 radical (unpaired) electrons. The topological polar surface area (TPSA) is 56.3 Å². The zero-order chi connectivity index (χ0) is 13.2. The van der Waals surface area contributed by atoms with E-state index in [1.165, 1.54) is 0 Å². The monoisotopic (exact) mass is 277 g/mol. The molecule has 1 aliphatic heterocycles. The molecule has 0 aliphatic carbocycles. The highest BCUT2D eigenvalue weighted by Crippen LogP contribution is 2.41. The van der Waals surface area contributed by atoms with E-state index >= 15 is 0 Å². The molecular formula is C13H12ClN3O2. The van der Waals surface area contributed by atoms with Crippen molar-refractivity contribution in [2.75, 3.05) is 18.7 Å². The molecule has 0 amide bonds. The van der Waals surface area contributed by atoms with Gasteiger partial charge in [-0.2, -0.15) is 0 Å². The summed E-state index contributed by atoms with van der Waals surface area (Å²) in [4.78, 5) is 8.67. The van der Waals surface area contributed by atoms with Crippen LogP contribution in [0.3, 0.4) is 0 Å². The maximum Gasteiger partial charge on any atom is 0.231 e. The number of anilines is 1. The van der Waals surface area contributed by atoms with Crippen LogP contribution >= 0.6 is 11.6 Å². The van der Waals surface area contributed by atoms with Gasteiger partial charge in [-0.25, -0.2) is 9.97 Å². The normalized spacial score (nSPS) is 12.5. The van der Waals surface area contributed by atoms with Gasteiger partial charge in [0.15, 0.2) is 17.3 Å². The van der Waals surface area contributed by atoms with Crippen molar-refractivity contribution in [1.29, 1.82) is 0 Å². The molecule has 0 fully saturated rings. The van der Waals surface area contributed by atoms with Crippen LogP contribution in [-0.4, -0.2) is 23.3 Å². The van der Waals surface area contributed by atoms with Crippen LogP contribution in [0.1, 0.15) is 6.92 Å². The molecule has 2 aromatic rings. The lowest BCUT2D eigenvalue weighted by Crippen LogP contribution is -2.00. The van der Waals surface area contributed by atoms with Crippen molar-refractivity contribution in [3.05, 3.63) is 29.4 Å². The van der Waals surface area contributed by atoms with E-state index in [1.807, 2.05) is 19.1 Å². The first-order valence-electron chi connectivity index (χ1n) is 5.94. The highest BCUT2D eigenvalue weighted by molar-refractivity contribution is 6.32. The van der Waals surface area contributed by atoms with Crippen LogP contribution in [-0.2, 0) is 0 Å². The van der Waals surface area contributed by atoms with Gasteiger partial charge in [-0.05, 0) is 25.1 Å². The SMILES string of the molecule is CCNc1ccnc(-c2cc(Cl)c3c(c2)OCO3)n1. The Labute approximate surface area is 115 Å². The van der Waals surface area contributed by atoms with Crippen LogP contribution < -0.4 is 14.8 Å². The van der Waals surface area contributed by atoms with Crippen LogP contribution in [0.4, 0.5) is 5.82 Å². The standard InChI is InChI=1S/C13H12ClN3O2/c1-2-15-11-3-4-16-13(17-11)8-5-9(14)12-10(6-8)18-7-19-12/h3-6H,2,7H2,1H3,(H,15,16,17). The van der Waals surface area contributed by atoms with Gasteiger partial charge in [-0.1, -0.05) is 11.6 Å². The average Bonchev–Trinajstić information content (AvgIpc) is 2.88. The number of aromatic nitrogens is 2. The third-order valence-electron chi connectivity index (χ3n) is 2.70. The zero-order valence-electron chi connectivity index (χ0n) is 10.3. The first kappa shape index (κ1) is 12.0. The van der Waals surface area contributed by atoms with Crippen LogP contribution in [0.25, 0.3) is 11.4 Å². The summed E-state index contributed by atoms with van der Waals surface area (Å²) >= 11 is 6.15. The molecule has 1 N–H and O–H groups in total. The first-order chi connectivity index (χ1) is 9.28. The Morgan fingerprint density at radius 3 is 3.11 bits per heavy atom. The molecule has 1 aromatic heterocycles. The largest absolute Gasteiger partial charge is 0.454 e. The van der Waals surface area contributed by atoms with Gasteiger partial charge >= 0.3 is 0 Å². The summed E-state index contributed by atoms with van der Waals surface area (Å²) in [5.74, 6) is 2.58. The highest BCUT2D eigenvalue weighted by Gasteiger charge is 2.19. The van der Waals surface area contributed by atoms with Gasteiger partial charge in [0.25, 0.3) is 0 Å². The van der Waals surface area contributed by atoms with E-state index in [4.69, 9.17) is 21.1 Å². The summed E-state index contributed by atoms with van der Waals surface area (Å²) in [5.41, 5.74) is 0.800. The number of benzene rings is 1. The minimum atomic E-state index is 0.191. The molecule has 3 rings (SSSR count). The van der Waals surface area contributed by atoms with Crippen LogP contribution in [0.15, 0.2) is 24.4 Å². The lowest BCUT2D eigenvalue weighted by atomic mass is 10.2. The molecule has 2 heterocycles. The number of fused-ring (bicyclic) bond motifs is 1. The molecule has 0 saturated carbocycles. The molecule has 0 spiro atoms. The van der Waals surface area contributed by atoms with Crippen molar-refractivity contribution in [3.63, 3.8) is 0 Å². The van der Waals surface area contributed by atoms with Crippen molar-refractivity contribution >= 4 is 17.4 Å². The summed E-state index contributed by atoms with van der Waals surface area (Å²) in [6.45, 7) is 3.01. The van der Waals surface area contributed by atoms with Crippen molar-refractivity contribution in [1.82, 2.24) is 9.97 Å². The molecule has 0 unspecified atom stereocenters. The Balaban J connectivity index is 2.02. The number of rotatable bonds is 3. The quantitative estimate of drug-likeness (QED) is 0.935. The van der Waals surface area contributed by atoms with Crippen LogP contribution in [0.2, 0.25) is 5.02 Å². The van der Waals surface area contributed by atoms with E-state index in [1.54, 1.807) is 12.3 Å². The summed E-state index contributed by atoms with van der Waals surface area (Å²) in [6, 6.07) is 5.43. The maximum atomic E-state index is 6.15. The fourth-order valence-corrected chi connectivity index (χ4v) is 2.14. The third-order valence-corrected chi connectivity index (χ3v) is 2.98. The Hall–Kier alpha value is -2.01. The Bertz CT molecular complexity index is 619. The van der Waals surface area contributed by atoms with Gasteiger partial charge in [0, 0.05) is 18.3 Å². The molecule has 98 valence electrons. The van der Waals surface area contributed by atoms with E-state index in [-0.39, 0.29) is 6.79 Å². The maximum absolute atomic E-state index is 6.15. The smallest absolute Gasteiger partial charge is 0.231 e. The van der Waals surface area contributed by atoms with Gasteiger partial charge in [-0.15, -0.1) is 0 Å². The predicted octanol–water partition coefficient (Wildman–Crippen LogP) is 2.96. The van der Waals surface area contributed by atoms with Gasteiger partial charge in [0.1, 0.15) is 5.82 Å². The summed E-state index contributed by atoms with van der Waals surface area (Å²) in [7, 11) is 0. The Kier molecular flexibility index (Phi) is 3.13. The summed E-state index contributed by atoms with van der Waals surface area (Å²) < 4.78 is 10.6. The Morgan fingerprint density at radius 2 is 2.26 bits per heavy atom. The lowest BCUT2D eigenvalue weighted by molar-refractivity contribution is 0.174. The van der Waals surface area contributed by atoms with Crippen LogP contribution in [0, 0.1) is 0 Å². The number of nitrogens with zero attached hydrogens (tertiary/aromatic N) is 2.